The summed E-state index contributed by atoms with van der Waals surface area (Å²) in [6, 6.07) is -0.127. The first-order valence-corrected chi connectivity index (χ1v) is 9.57. The summed E-state index contributed by atoms with van der Waals surface area (Å²) >= 11 is 0. The third kappa shape index (κ3) is 5.80. The second kappa shape index (κ2) is 9.53. The number of likely N-dealkylation sites (tertiary alicyclic amines) is 1. The molecule has 1 atom stereocenters. The van der Waals surface area contributed by atoms with Crippen molar-refractivity contribution in [3.63, 3.8) is 0 Å². The highest BCUT2D eigenvalue weighted by Gasteiger charge is 2.27. The van der Waals surface area contributed by atoms with Gasteiger partial charge < -0.3 is 19.5 Å². The van der Waals surface area contributed by atoms with Gasteiger partial charge in [0.05, 0.1) is 0 Å². The van der Waals surface area contributed by atoms with E-state index in [1.807, 2.05) is 15.7 Å². The normalized spacial score (nSPS) is 17.6. The molecule has 8 heteroatoms. The molecule has 0 saturated carbocycles. The highest BCUT2D eigenvalue weighted by molar-refractivity contribution is 5.80. The molecular weight excluding hydrogens is 348 g/mol. The topological polar surface area (TPSA) is 95.7 Å². The Morgan fingerprint density at radius 2 is 2.04 bits per heavy atom. The van der Waals surface area contributed by atoms with Crippen LogP contribution in [0.15, 0.2) is 12.4 Å². The zero-order chi connectivity index (χ0) is 20.0. The number of rotatable bonds is 7. The maximum Gasteiger partial charge on any atom is 0.323 e. The van der Waals surface area contributed by atoms with E-state index in [0.717, 1.165) is 18.7 Å². The fourth-order valence-electron chi connectivity index (χ4n) is 3.67. The molecule has 1 unspecified atom stereocenters. The minimum Gasteiger partial charge on any atom is -0.480 e. The lowest BCUT2D eigenvalue weighted by Gasteiger charge is -2.29. The number of carbonyl (C=O) groups excluding carboxylic acids is 2. The van der Waals surface area contributed by atoms with Crippen LogP contribution in [-0.4, -0.2) is 67.9 Å². The summed E-state index contributed by atoms with van der Waals surface area (Å²) in [4.78, 5) is 43.1. The molecule has 1 aliphatic heterocycles. The standard InChI is InChI=1S/C19H30N4O4/c1-14(2)19-20-8-12-22(19)11-7-17(25)21-9-4-5-16(6-10-21)23(15(3)24)13-18(26)27/h8,12,14,16H,4-7,9-11,13H2,1-3H3,(H,26,27). The summed E-state index contributed by atoms with van der Waals surface area (Å²) in [5.74, 6) is 0.129. The Labute approximate surface area is 160 Å². The number of aliphatic carboxylic acids is 1. The van der Waals surface area contributed by atoms with Gasteiger partial charge in [0.15, 0.2) is 0 Å². The lowest BCUT2D eigenvalue weighted by Crippen LogP contribution is -2.43. The quantitative estimate of drug-likeness (QED) is 0.779. The smallest absolute Gasteiger partial charge is 0.323 e. The Morgan fingerprint density at radius 1 is 1.30 bits per heavy atom. The fraction of sp³-hybridized carbons (Fsp3) is 0.684. The molecule has 2 amide bonds. The molecule has 0 radical (unpaired) electrons. The van der Waals surface area contributed by atoms with Crippen molar-refractivity contribution in [2.24, 2.45) is 0 Å². The molecule has 1 aromatic rings. The van der Waals surface area contributed by atoms with E-state index >= 15 is 0 Å². The minimum absolute atomic E-state index is 0.0895. The first kappa shape index (κ1) is 20.9. The van der Waals surface area contributed by atoms with Crippen LogP contribution in [0.5, 0.6) is 0 Å². The number of aryl methyl sites for hydroxylation is 1. The first-order valence-electron chi connectivity index (χ1n) is 9.57. The van der Waals surface area contributed by atoms with E-state index in [-0.39, 0.29) is 24.4 Å². The van der Waals surface area contributed by atoms with Gasteiger partial charge in [0, 0.05) is 57.3 Å². The van der Waals surface area contributed by atoms with Gasteiger partial charge >= 0.3 is 5.97 Å². The van der Waals surface area contributed by atoms with Gasteiger partial charge in [-0.3, -0.25) is 14.4 Å². The van der Waals surface area contributed by atoms with Gasteiger partial charge in [-0.15, -0.1) is 0 Å². The van der Waals surface area contributed by atoms with Crippen molar-refractivity contribution in [3.8, 4) is 0 Å². The van der Waals surface area contributed by atoms with Crippen LogP contribution in [0.3, 0.4) is 0 Å². The van der Waals surface area contributed by atoms with Gasteiger partial charge in [-0.25, -0.2) is 4.98 Å². The Hall–Kier alpha value is -2.38. The van der Waals surface area contributed by atoms with Crippen molar-refractivity contribution in [1.82, 2.24) is 19.4 Å². The van der Waals surface area contributed by atoms with E-state index in [9.17, 15) is 14.4 Å². The number of hydrogen-bond donors (Lipinski definition) is 1. The summed E-state index contributed by atoms with van der Waals surface area (Å²) in [7, 11) is 0. The minimum atomic E-state index is -1.01. The third-order valence-corrected chi connectivity index (χ3v) is 5.03. The summed E-state index contributed by atoms with van der Waals surface area (Å²) in [5.41, 5.74) is 0. The molecule has 0 bridgehead atoms. The molecule has 1 fully saturated rings. The van der Waals surface area contributed by atoms with Crippen LogP contribution in [0.2, 0.25) is 0 Å². The largest absolute Gasteiger partial charge is 0.480 e. The molecule has 1 aliphatic rings. The van der Waals surface area contributed by atoms with Gasteiger partial charge in [0.1, 0.15) is 12.4 Å². The molecule has 0 aromatic carbocycles. The average Bonchev–Trinajstić information content (AvgIpc) is 2.94. The Morgan fingerprint density at radius 3 is 2.67 bits per heavy atom. The molecule has 2 heterocycles. The molecule has 8 nitrogen and oxygen atoms in total. The molecule has 0 spiro atoms. The van der Waals surface area contributed by atoms with Crippen molar-refractivity contribution in [2.45, 2.75) is 65.0 Å². The summed E-state index contributed by atoms with van der Waals surface area (Å²) in [6.07, 6.45) is 6.16. The Kier molecular flexibility index (Phi) is 7.38. The molecule has 27 heavy (non-hydrogen) atoms. The predicted molar refractivity (Wildman–Crippen MR) is 100 cm³/mol. The monoisotopic (exact) mass is 378 g/mol. The van der Waals surface area contributed by atoms with Crippen molar-refractivity contribution >= 4 is 17.8 Å². The lowest BCUT2D eigenvalue weighted by atomic mass is 10.1. The van der Waals surface area contributed by atoms with Gasteiger partial charge in [0.25, 0.3) is 0 Å². The van der Waals surface area contributed by atoms with E-state index in [0.29, 0.717) is 38.4 Å². The lowest BCUT2D eigenvalue weighted by molar-refractivity contribution is -0.145. The number of hydrogen-bond acceptors (Lipinski definition) is 4. The fourth-order valence-corrected chi connectivity index (χ4v) is 3.67. The van der Waals surface area contributed by atoms with E-state index in [1.54, 1.807) is 6.20 Å². The highest BCUT2D eigenvalue weighted by atomic mass is 16.4. The van der Waals surface area contributed by atoms with Crippen molar-refractivity contribution in [3.05, 3.63) is 18.2 Å². The number of imidazole rings is 1. The number of carboxylic acid groups (broad SMARTS) is 1. The molecule has 0 aliphatic carbocycles. The number of carboxylic acids is 1. The van der Waals surface area contributed by atoms with Crippen LogP contribution < -0.4 is 0 Å². The molecule has 1 N–H and O–H groups in total. The Bertz CT molecular complexity index is 670. The summed E-state index contributed by atoms with van der Waals surface area (Å²) < 4.78 is 2.02. The van der Waals surface area contributed by atoms with Gasteiger partial charge in [-0.05, 0) is 19.3 Å². The molecule has 2 rings (SSSR count). The van der Waals surface area contributed by atoms with Crippen LogP contribution in [0.25, 0.3) is 0 Å². The summed E-state index contributed by atoms with van der Waals surface area (Å²) in [6.45, 7) is 7.07. The van der Waals surface area contributed by atoms with E-state index < -0.39 is 5.97 Å². The van der Waals surface area contributed by atoms with Crippen LogP contribution >= 0.6 is 0 Å². The molecule has 1 saturated heterocycles. The number of carbonyl (C=O) groups is 3. The number of aromatic nitrogens is 2. The molecule has 1 aromatic heterocycles. The first-order chi connectivity index (χ1) is 12.8. The maximum absolute atomic E-state index is 12.6. The second-order valence-electron chi connectivity index (χ2n) is 7.39. The van der Waals surface area contributed by atoms with E-state index in [4.69, 9.17) is 5.11 Å². The van der Waals surface area contributed by atoms with Crippen LogP contribution in [-0.2, 0) is 20.9 Å². The zero-order valence-electron chi connectivity index (χ0n) is 16.4. The van der Waals surface area contributed by atoms with E-state index in [1.165, 1.54) is 11.8 Å². The van der Waals surface area contributed by atoms with Gasteiger partial charge in [-0.2, -0.15) is 0 Å². The Balaban J connectivity index is 1.91. The second-order valence-corrected chi connectivity index (χ2v) is 7.39. The maximum atomic E-state index is 12.6. The number of amides is 2. The third-order valence-electron chi connectivity index (χ3n) is 5.03. The average molecular weight is 378 g/mol. The SMILES string of the molecule is CC(=O)N(CC(=O)O)C1CCCN(C(=O)CCn2ccnc2C(C)C)CC1. The van der Waals surface area contributed by atoms with Crippen LogP contribution in [0.4, 0.5) is 0 Å². The zero-order valence-corrected chi connectivity index (χ0v) is 16.4. The van der Waals surface area contributed by atoms with Gasteiger partial charge in [-0.1, -0.05) is 13.8 Å². The molecular formula is C19H30N4O4. The molecule has 150 valence electrons. The highest BCUT2D eigenvalue weighted by Crippen LogP contribution is 2.18. The van der Waals surface area contributed by atoms with Crippen LogP contribution in [0, 0.1) is 0 Å². The van der Waals surface area contributed by atoms with Gasteiger partial charge in [0.2, 0.25) is 11.8 Å². The number of nitrogens with zero attached hydrogens (tertiary/aromatic N) is 4. The van der Waals surface area contributed by atoms with E-state index in [2.05, 4.69) is 18.8 Å². The van der Waals surface area contributed by atoms with Crippen LogP contribution in [0.1, 0.15) is 58.2 Å². The van der Waals surface area contributed by atoms with Crippen molar-refractivity contribution in [2.75, 3.05) is 19.6 Å². The predicted octanol–water partition coefficient (Wildman–Crippen LogP) is 1.71. The summed E-state index contributed by atoms with van der Waals surface area (Å²) in [5, 5.41) is 9.03. The van der Waals surface area contributed by atoms with Crippen molar-refractivity contribution in [1.29, 1.82) is 0 Å². The van der Waals surface area contributed by atoms with Crippen molar-refractivity contribution < 1.29 is 19.5 Å².